The van der Waals surface area contributed by atoms with E-state index in [-0.39, 0.29) is 10.8 Å². The molecule has 2 aliphatic carbocycles. The van der Waals surface area contributed by atoms with Crippen molar-refractivity contribution in [1.82, 2.24) is 5.32 Å². The average molecular weight is 301 g/mol. The van der Waals surface area contributed by atoms with Crippen LogP contribution in [0.4, 0.5) is 0 Å². The lowest BCUT2D eigenvalue weighted by atomic mass is 9.51. The number of carbonyl (C=O) groups excluding carboxylic acids is 1. The van der Waals surface area contributed by atoms with Gasteiger partial charge >= 0.3 is 0 Å². The largest absolute Gasteiger partial charge is 0.384 e. The number of methoxy groups -OCH3 is 1. The molecule has 1 N–H and O–H groups in total. The summed E-state index contributed by atoms with van der Waals surface area (Å²) in [5, 5.41) is 11.9. The molecule has 0 aromatic carbocycles. The van der Waals surface area contributed by atoms with E-state index in [4.69, 9.17) is 4.74 Å². The number of ether oxygens (including phenoxy) is 1. The summed E-state index contributed by atoms with van der Waals surface area (Å²) in [7, 11) is 1.75. The molecular weight excluding hydrogens is 278 g/mol. The van der Waals surface area contributed by atoms with Crippen LogP contribution in [-0.4, -0.2) is 26.0 Å². The van der Waals surface area contributed by atoms with Crippen molar-refractivity contribution < 1.29 is 9.53 Å². The van der Waals surface area contributed by atoms with Crippen molar-refractivity contribution >= 4 is 5.78 Å². The zero-order chi connectivity index (χ0) is 15.5. The van der Waals surface area contributed by atoms with Gasteiger partial charge < -0.3 is 10.1 Å². The number of Topliss-reactive ketones (excluding diaryl/α,β-unsaturated/α-hetero) is 1. The smallest absolute Gasteiger partial charge is 0.162 e. The lowest BCUT2D eigenvalue weighted by Crippen LogP contribution is -2.51. The van der Waals surface area contributed by atoms with E-state index in [0.717, 1.165) is 43.0 Å². The topological polar surface area (TPSA) is 63.1 Å². The summed E-state index contributed by atoms with van der Waals surface area (Å²) in [6, 6.07) is 0. The number of hydrogen-bond acceptors (Lipinski definition) is 5. The number of allylic oxidation sites excluding steroid dienone is 2. The second-order valence-electron chi connectivity index (χ2n) is 7.96. The Balaban J connectivity index is 1.75. The SMILES string of the molecule is COCC1CC2(C1)C1=C(N=NC1)NC1=C2C(=O)CC(C)(C)C1. The Morgan fingerprint density at radius 1 is 1.32 bits per heavy atom. The predicted octanol–water partition coefficient (Wildman–Crippen LogP) is 2.95. The van der Waals surface area contributed by atoms with Gasteiger partial charge in [0.15, 0.2) is 11.6 Å². The van der Waals surface area contributed by atoms with Gasteiger partial charge in [-0.3, -0.25) is 4.79 Å². The Morgan fingerprint density at radius 3 is 2.82 bits per heavy atom. The molecule has 0 atom stereocenters. The monoisotopic (exact) mass is 301 g/mol. The van der Waals surface area contributed by atoms with E-state index >= 15 is 0 Å². The highest BCUT2D eigenvalue weighted by Gasteiger charge is 2.57. The van der Waals surface area contributed by atoms with E-state index in [9.17, 15) is 4.79 Å². The highest BCUT2D eigenvalue weighted by molar-refractivity contribution is 6.00. The quantitative estimate of drug-likeness (QED) is 0.853. The van der Waals surface area contributed by atoms with E-state index < -0.39 is 0 Å². The van der Waals surface area contributed by atoms with Crippen molar-refractivity contribution in [3.05, 3.63) is 22.7 Å². The van der Waals surface area contributed by atoms with Gasteiger partial charge in [-0.2, -0.15) is 5.11 Å². The molecular formula is C17H23N3O2. The first-order chi connectivity index (χ1) is 10.5. The second-order valence-corrected chi connectivity index (χ2v) is 7.96. The Morgan fingerprint density at radius 2 is 2.09 bits per heavy atom. The summed E-state index contributed by atoms with van der Waals surface area (Å²) in [4.78, 5) is 12.9. The van der Waals surface area contributed by atoms with Crippen LogP contribution in [0.5, 0.6) is 0 Å². The molecule has 22 heavy (non-hydrogen) atoms. The number of carbonyl (C=O) groups is 1. The third-order valence-electron chi connectivity index (χ3n) is 5.56. The summed E-state index contributed by atoms with van der Waals surface area (Å²) in [5.74, 6) is 1.75. The number of fused-ring (bicyclic) bond motifs is 2. The van der Waals surface area contributed by atoms with Gasteiger partial charge in [0.25, 0.3) is 0 Å². The Hall–Kier alpha value is -1.49. The number of hydrogen-bond donors (Lipinski definition) is 1. The highest BCUT2D eigenvalue weighted by atomic mass is 16.5. The minimum Gasteiger partial charge on any atom is -0.384 e. The number of nitrogens with one attached hydrogen (secondary N) is 1. The van der Waals surface area contributed by atoms with Crippen LogP contribution in [0.1, 0.15) is 39.5 Å². The molecule has 0 unspecified atom stereocenters. The number of azo groups is 1. The number of dihydropyridines is 1. The average Bonchev–Trinajstić information content (AvgIpc) is 2.82. The van der Waals surface area contributed by atoms with Gasteiger partial charge in [-0.25, -0.2) is 0 Å². The van der Waals surface area contributed by atoms with Crippen molar-refractivity contribution in [2.24, 2.45) is 27.0 Å². The second kappa shape index (κ2) is 4.51. The molecule has 2 heterocycles. The molecule has 1 fully saturated rings. The van der Waals surface area contributed by atoms with Crippen molar-refractivity contribution in [3.8, 4) is 0 Å². The van der Waals surface area contributed by atoms with Crippen molar-refractivity contribution in [2.45, 2.75) is 39.5 Å². The zero-order valence-electron chi connectivity index (χ0n) is 13.5. The van der Waals surface area contributed by atoms with Crippen molar-refractivity contribution in [3.63, 3.8) is 0 Å². The number of rotatable bonds is 2. The van der Waals surface area contributed by atoms with Crippen LogP contribution < -0.4 is 5.32 Å². The third kappa shape index (κ3) is 1.84. The summed E-state index contributed by atoms with van der Waals surface area (Å²) in [6.45, 7) is 5.74. The first-order valence-corrected chi connectivity index (χ1v) is 8.09. The van der Waals surface area contributed by atoms with Crippen molar-refractivity contribution in [2.75, 3.05) is 20.3 Å². The zero-order valence-corrected chi connectivity index (χ0v) is 13.5. The lowest BCUT2D eigenvalue weighted by molar-refractivity contribution is -0.120. The van der Waals surface area contributed by atoms with Crippen LogP contribution in [0.15, 0.2) is 32.9 Å². The van der Waals surface area contributed by atoms with E-state index in [1.807, 2.05) is 0 Å². The maximum atomic E-state index is 12.9. The molecule has 1 spiro atoms. The summed E-state index contributed by atoms with van der Waals surface area (Å²) in [5.41, 5.74) is 3.26. The molecule has 0 saturated heterocycles. The van der Waals surface area contributed by atoms with E-state index in [1.165, 1.54) is 5.57 Å². The fourth-order valence-corrected chi connectivity index (χ4v) is 4.80. The molecule has 0 radical (unpaired) electrons. The van der Waals surface area contributed by atoms with Gasteiger partial charge in [0, 0.05) is 42.4 Å². The molecule has 0 amide bonds. The molecule has 5 nitrogen and oxygen atoms in total. The number of nitrogens with zero attached hydrogens (tertiary/aromatic N) is 2. The van der Waals surface area contributed by atoms with E-state index in [1.54, 1.807) is 7.11 Å². The Labute approximate surface area is 130 Å². The first-order valence-electron chi connectivity index (χ1n) is 8.09. The molecule has 4 rings (SSSR count). The maximum absolute atomic E-state index is 12.9. The standard InChI is InChI=1S/C17H23N3O2/c1-16(2)6-12-14(13(21)7-16)17(4-10(5-17)9-22-3)11-8-18-20-15(11)19-12/h10,19H,4-9H2,1-3H3. The molecule has 5 heteroatoms. The van der Waals surface area contributed by atoms with Gasteiger partial charge in [0.2, 0.25) is 0 Å². The normalized spacial score (nSPS) is 35.4. The fraction of sp³-hybridized carbons (Fsp3) is 0.706. The summed E-state index contributed by atoms with van der Waals surface area (Å²) < 4.78 is 5.31. The molecule has 2 aliphatic heterocycles. The predicted molar refractivity (Wildman–Crippen MR) is 82.0 cm³/mol. The van der Waals surface area contributed by atoms with Gasteiger partial charge in [-0.15, -0.1) is 5.11 Å². The van der Waals surface area contributed by atoms with Crippen LogP contribution >= 0.6 is 0 Å². The highest BCUT2D eigenvalue weighted by Crippen LogP contribution is 2.61. The molecule has 0 bridgehead atoms. The number of ketones is 1. The van der Waals surface area contributed by atoms with Crippen LogP contribution in [0, 0.1) is 16.7 Å². The molecule has 0 aromatic rings. The van der Waals surface area contributed by atoms with Gasteiger partial charge in [0.1, 0.15) is 0 Å². The summed E-state index contributed by atoms with van der Waals surface area (Å²) in [6.07, 6.45) is 3.55. The Bertz CT molecular complexity index is 636. The molecule has 0 aromatic heterocycles. The molecule has 4 aliphatic rings. The minimum atomic E-state index is -0.115. The molecule has 1 saturated carbocycles. The van der Waals surface area contributed by atoms with Gasteiger partial charge in [-0.05, 0) is 30.6 Å². The lowest BCUT2D eigenvalue weighted by Gasteiger charge is -2.53. The maximum Gasteiger partial charge on any atom is 0.162 e. The molecule has 118 valence electrons. The van der Waals surface area contributed by atoms with Crippen molar-refractivity contribution in [1.29, 1.82) is 0 Å². The van der Waals surface area contributed by atoms with Crippen LogP contribution in [0.25, 0.3) is 0 Å². The minimum absolute atomic E-state index is 0.0214. The summed E-state index contributed by atoms with van der Waals surface area (Å²) >= 11 is 0. The van der Waals surface area contributed by atoms with E-state index in [0.29, 0.717) is 24.7 Å². The van der Waals surface area contributed by atoms with Crippen LogP contribution in [0.2, 0.25) is 0 Å². The van der Waals surface area contributed by atoms with Gasteiger partial charge in [-0.1, -0.05) is 13.8 Å². The van der Waals surface area contributed by atoms with Crippen LogP contribution in [-0.2, 0) is 9.53 Å². The Kier molecular flexibility index (Phi) is 2.89. The first kappa shape index (κ1) is 14.1. The van der Waals surface area contributed by atoms with Crippen LogP contribution in [0.3, 0.4) is 0 Å². The fourth-order valence-electron chi connectivity index (χ4n) is 4.80. The van der Waals surface area contributed by atoms with E-state index in [2.05, 4.69) is 29.4 Å². The van der Waals surface area contributed by atoms with Gasteiger partial charge in [0.05, 0.1) is 6.54 Å². The third-order valence-corrected chi connectivity index (χ3v) is 5.56.